The van der Waals surface area contributed by atoms with Crippen molar-refractivity contribution in [3.8, 4) is 0 Å². The average Bonchev–Trinajstić information content (AvgIpc) is 2.55. The number of rotatable bonds is 6. The summed E-state index contributed by atoms with van der Waals surface area (Å²) < 4.78 is 0. The van der Waals surface area contributed by atoms with Crippen molar-refractivity contribution in [1.29, 1.82) is 0 Å². The van der Waals surface area contributed by atoms with E-state index in [1.54, 1.807) is 6.21 Å². The van der Waals surface area contributed by atoms with Crippen LogP contribution in [0.2, 0.25) is 0 Å². The van der Waals surface area contributed by atoms with Crippen LogP contribution in [0.5, 0.6) is 0 Å². The third kappa shape index (κ3) is 6.26. The van der Waals surface area contributed by atoms with Gasteiger partial charge in [-0.1, -0.05) is 66.4 Å². The molecule has 0 aliphatic heterocycles. The van der Waals surface area contributed by atoms with Gasteiger partial charge >= 0.3 is 0 Å². The highest BCUT2D eigenvalue weighted by atomic mass is 32.2. The molecule has 2 aromatic rings. The number of nitrogens with zero attached hydrogens (tertiary/aromatic N) is 3. The quantitative estimate of drug-likeness (QED) is 0.503. The van der Waals surface area contributed by atoms with E-state index < -0.39 is 0 Å². The SMILES string of the molecule is CN(C)Cc1ccccc1C=NN=C(N)SCc1ccccc1. The lowest BCUT2D eigenvalue weighted by atomic mass is 10.1. The van der Waals surface area contributed by atoms with Crippen LogP contribution in [0.4, 0.5) is 0 Å². The standard InChI is InChI=1S/C18H22N4S/c1-22(2)13-17-11-7-6-10-16(17)12-20-21-18(19)23-14-15-8-4-3-5-9-15/h3-12H,13-14H2,1-2H3,(H2,19,21). The molecular weight excluding hydrogens is 304 g/mol. The summed E-state index contributed by atoms with van der Waals surface area (Å²) in [6.07, 6.45) is 1.76. The van der Waals surface area contributed by atoms with Crippen molar-refractivity contribution < 1.29 is 0 Å². The second-order valence-electron chi connectivity index (χ2n) is 5.39. The van der Waals surface area contributed by atoms with Gasteiger partial charge in [-0.05, 0) is 30.8 Å². The third-order valence-electron chi connectivity index (χ3n) is 3.12. The lowest BCUT2D eigenvalue weighted by Crippen LogP contribution is -2.12. The van der Waals surface area contributed by atoms with E-state index >= 15 is 0 Å². The van der Waals surface area contributed by atoms with E-state index in [2.05, 4.69) is 33.3 Å². The van der Waals surface area contributed by atoms with Gasteiger partial charge in [0.1, 0.15) is 0 Å². The van der Waals surface area contributed by atoms with Crippen LogP contribution in [-0.4, -0.2) is 30.4 Å². The zero-order valence-electron chi connectivity index (χ0n) is 13.5. The number of benzene rings is 2. The van der Waals surface area contributed by atoms with Crippen LogP contribution in [-0.2, 0) is 12.3 Å². The minimum atomic E-state index is 0.468. The lowest BCUT2D eigenvalue weighted by Gasteiger charge is -2.11. The predicted molar refractivity (Wildman–Crippen MR) is 101 cm³/mol. The summed E-state index contributed by atoms with van der Waals surface area (Å²) in [5, 5.41) is 8.66. The van der Waals surface area contributed by atoms with Crippen LogP contribution in [0.25, 0.3) is 0 Å². The molecule has 0 saturated heterocycles. The van der Waals surface area contributed by atoms with Crippen molar-refractivity contribution in [1.82, 2.24) is 4.90 Å². The first-order chi connectivity index (χ1) is 11.1. The van der Waals surface area contributed by atoms with E-state index in [9.17, 15) is 0 Å². The topological polar surface area (TPSA) is 54.0 Å². The number of hydrogen-bond donors (Lipinski definition) is 1. The Morgan fingerprint density at radius 3 is 2.52 bits per heavy atom. The van der Waals surface area contributed by atoms with E-state index in [0.29, 0.717) is 5.17 Å². The van der Waals surface area contributed by atoms with Gasteiger partial charge in [0, 0.05) is 12.3 Å². The minimum Gasteiger partial charge on any atom is -0.377 e. The number of nitrogens with two attached hydrogens (primary N) is 1. The molecule has 23 heavy (non-hydrogen) atoms. The van der Waals surface area contributed by atoms with Gasteiger partial charge in [0.25, 0.3) is 0 Å². The normalized spacial score (nSPS) is 12.2. The number of thioether (sulfide) groups is 1. The molecular formula is C18H22N4S. The first-order valence-corrected chi connectivity index (χ1v) is 8.39. The monoisotopic (exact) mass is 326 g/mol. The van der Waals surface area contributed by atoms with Crippen LogP contribution >= 0.6 is 11.8 Å². The zero-order chi connectivity index (χ0) is 16.5. The predicted octanol–water partition coefficient (Wildman–Crippen LogP) is 3.33. The third-order valence-corrected chi connectivity index (χ3v) is 3.98. The van der Waals surface area contributed by atoms with Crippen LogP contribution in [0.1, 0.15) is 16.7 Å². The van der Waals surface area contributed by atoms with Gasteiger partial charge in [0.05, 0.1) is 6.21 Å². The number of amidine groups is 1. The second kappa shape index (κ2) is 9.12. The molecule has 2 rings (SSSR count). The molecule has 120 valence electrons. The van der Waals surface area contributed by atoms with Gasteiger partial charge in [-0.15, -0.1) is 5.10 Å². The van der Waals surface area contributed by atoms with Crippen molar-refractivity contribution in [2.24, 2.45) is 15.9 Å². The smallest absolute Gasteiger partial charge is 0.180 e. The summed E-state index contributed by atoms with van der Waals surface area (Å²) in [6.45, 7) is 0.865. The number of hydrogen-bond acceptors (Lipinski definition) is 4. The van der Waals surface area contributed by atoms with E-state index in [-0.39, 0.29) is 0 Å². The van der Waals surface area contributed by atoms with E-state index in [1.807, 2.05) is 50.5 Å². The van der Waals surface area contributed by atoms with Crippen molar-refractivity contribution in [2.75, 3.05) is 14.1 Å². The van der Waals surface area contributed by atoms with Gasteiger partial charge in [0.15, 0.2) is 5.17 Å². The molecule has 0 fully saturated rings. The van der Waals surface area contributed by atoms with Crippen LogP contribution in [0.15, 0.2) is 64.8 Å². The van der Waals surface area contributed by atoms with Gasteiger partial charge in [0.2, 0.25) is 0 Å². The van der Waals surface area contributed by atoms with Gasteiger partial charge in [-0.2, -0.15) is 5.10 Å². The maximum atomic E-state index is 5.90. The first-order valence-electron chi connectivity index (χ1n) is 7.41. The summed E-state index contributed by atoms with van der Waals surface area (Å²) in [5.41, 5.74) is 9.39. The Morgan fingerprint density at radius 1 is 1.09 bits per heavy atom. The molecule has 2 aromatic carbocycles. The molecule has 0 spiro atoms. The van der Waals surface area contributed by atoms with E-state index in [1.165, 1.54) is 22.9 Å². The minimum absolute atomic E-state index is 0.468. The Kier molecular flexibility index (Phi) is 6.84. The average molecular weight is 326 g/mol. The van der Waals surface area contributed by atoms with Crippen LogP contribution in [0.3, 0.4) is 0 Å². The van der Waals surface area contributed by atoms with Crippen molar-refractivity contribution >= 4 is 23.1 Å². The highest BCUT2D eigenvalue weighted by molar-refractivity contribution is 8.13. The fourth-order valence-corrected chi connectivity index (χ4v) is 2.67. The first kappa shape index (κ1) is 17.2. The summed E-state index contributed by atoms with van der Waals surface area (Å²) in [4.78, 5) is 2.13. The molecule has 0 amide bonds. The van der Waals surface area contributed by atoms with Crippen LogP contribution in [0, 0.1) is 0 Å². The molecule has 0 saturated carbocycles. The Balaban J connectivity index is 1.94. The van der Waals surface area contributed by atoms with Gasteiger partial charge < -0.3 is 10.6 Å². The summed E-state index contributed by atoms with van der Waals surface area (Å²) in [6, 6.07) is 18.3. The maximum Gasteiger partial charge on any atom is 0.180 e. The molecule has 0 aromatic heterocycles. The van der Waals surface area contributed by atoms with Gasteiger partial charge in [-0.25, -0.2) is 0 Å². The van der Waals surface area contributed by atoms with Crippen molar-refractivity contribution in [2.45, 2.75) is 12.3 Å². The molecule has 0 unspecified atom stereocenters. The summed E-state index contributed by atoms with van der Waals surface area (Å²) in [5.74, 6) is 0.795. The second-order valence-corrected chi connectivity index (χ2v) is 6.39. The van der Waals surface area contributed by atoms with Gasteiger partial charge in [-0.3, -0.25) is 0 Å². The zero-order valence-corrected chi connectivity index (χ0v) is 14.3. The van der Waals surface area contributed by atoms with E-state index in [0.717, 1.165) is 17.9 Å². The fourth-order valence-electron chi connectivity index (χ4n) is 2.05. The molecule has 2 N–H and O–H groups in total. The molecule has 0 heterocycles. The molecule has 0 aliphatic rings. The highest BCUT2D eigenvalue weighted by Crippen LogP contribution is 2.12. The highest BCUT2D eigenvalue weighted by Gasteiger charge is 2.00. The molecule has 0 bridgehead atoms. The fraction of sp³-hybridized carbons (Fsp3) is 0.222. The molecule has 0 aliphatic carbocycles. The van der Waals surface area contributed by atoms with Crippen molar-refractivity contribution in [3.63, 3.8) is 0 Å². The Hall–Kier alpha value is -2.11. The Bertz CT molecular complexity index is 666. The Labute approximate surface area is 142 Å². The maximum absolute atomic E-state index is 5.90. The summed E-state index contributed by atoms with van der Waals surface area (Å²) in [7, 11) is 4.09. The van der Waals surface area contributed by atoms with Crippen LogP contribution < -0.4 is 5.73 Å². The van der Waals surface area contributed by atoms with E-state index in [4.69, 9.17) is 5.73 Å². The molecule has 5 heteroatoms. The molecule has 4 nitrogen and oxygen atoms in total. The summed E-state index contributed by atoms with van der Waals surface area (Å²) >= 11 is 1.49. The Morgan fingerprint density at radius 2 is 1.78 bits per heavy atom. The molecule has 0 radical (unpaired) electrons. The largest absolute Gasteiger partial charge is 0.377 e. The molecule has 0 atom stereocenters. The lowest BCUT2D eigenvalue weighted by molar-refractivity contribution is 0.402. The van der Waals surface area contributed by atoms with Crippen molar-refractivity contribution in [3.05, 3.63) is 71.3 Å².